The summed E-state index contributed by atoms with van der Waals surface area (Å²) in [5, 5.41) is 0. The zero-order chi connectivity index (χ0) is 10.6. The van der Waals surface area contributed by atoms with Gasteiger partial charge in [-0.2, -0.15) is 0 Å². The van der Waals surface area contributed by atoms with E-state index >= 15 is 0 Å². The normalized spacial score (nSPS) is 33.0. The van der Waals surface area contributed by atoms with Gasteiger partial charge in [0, 0.05) is 0 Å². The minimum Gasteiger partial charge on any atom is -0.0654 e. The molecule has 0 N–H and O–H groups in total. The zero-order valence-electron chi connectivity index (χ0n) is 10.6. The summed E-state index contributed by atoms with van der Waals surface area (Å²) in [5.74, 6) is 2.02. The minimum absolute atomic E-state index is 0.749. The molecule has 84 valence electrons. The molecule has 0 radical (unpaired) electrons. The molecule has 0 nitrogen and oxygen atoms in total. The fourth-order valence-electron chi connectivity index (χ4n) is 2.49. The van der Waals surface area contributed by atoms with Gasteiger partial charge in [0.1, 0.15) is 0 Å². The molecule has 0 saturated heterocycles. The largest absolute Gasteiger partial charge is 0.0654 e. The molecular formula is C14H28. The second kappa shape index (κ2) is 5.19. The van der Waals surface area contributed by atoms with Crippen molar-refractivity contribution < 1.29 is 0 Å². The molecule has 0 heteroatoms. The van der Waals surface area contributed by atoms with Crippen LogP contribution >= 0.6 is 0 Å². The van der Waals surface area contributed by atoms with Gasteiger partial charge in [0.15, 0.2) is 0 Å². The van der Waals surface area contributed by atoms with Crippen LogP contribution in [0.1, 0.15) is 72.6 Å². The van der Waals surface area contributed by atoms with Gasteiger partial charge in [-0.1, -0.05) is 53.4 Å². The fourth-order valence-corrected chi connectivity index (χ4v) is 2.49. The Balaban J connectivity index is 2.13. The van der Waals surface area contributed by atoms with Gasteiger partial charge in [-0.05, 0) is 36.5 Å². The first-order chi connectivity index (χ1) is 6.62. The van der Waals surface area contributed by atoms with Crippen molar-refractivity contribution in [1.82, 2.24) is 0 Å². The zero-order valence-corrected chi connectivity index (χ0v) is 10.6. The summed E-state index contributed by atoms with van der Waals surface area (Å²) in [5.41, 5.74) is 0.749. The lowest BCUT2D eigenvalue weighted by Gasteiger charge is -2.14. The van der Waals surface area contributed by atoms with Crippen LogP contribution in [0.3, 0.4) is 0 Å². The van der Waals surface area contributed by atoms with Crippen molar-refractivity contribution in [2.45, 2.75) is 72.6 Å². The van der Waals surface area contributed by atoms with Crippen LogP contribution in [0.2, 0.25) is 0 Å². The van der Waals surface area contributed by atoms with E-state index in [0.29, 0.717) is 0 Å². The van der Waals surface area contributed by atoms with Crippen LogP contribution in [0.5, 0.6) is 0 Å². The van der Waals surface area contributed by atoms with Crippen LogP contribution in [0.4, 0.5) is 0 Å². The lowest BCUT2D eigenvalue weighted by molar-refractivity contribution is 0.375. The van der Waals surface area contributed by atoms with Crippen molar-refractivity contribution in [3.05, 3.63) is 0 Å². The summed E-state index contributed by atoms with van der Waals surface area (Å²) in [6.45, 7) is 9.52. The fraction of sp³-hybridized carbons (Fsp3) is 1.00. The smallest absolute Gasteiger partial charge is 0.0294 e. The third kappa shape index (κ3) is 3.29. The Morgan fingerprint density at radius 3 is 2.64 bits per heavy atom. The van der Waals surface area contributed by atoms with Gasteiger partial charge in [-0.3, -0.25) is 0 Å². The second-order valence-electron chi connectivity index (χ2n) is 5.75. The van der Waals surface area contributed by atoms with Crippen LogP contribution < -0.4 is 0 Å². The molecule has 0 heterocycles. The number of hydrogen-bond donors (Lipinski definition) is 0. The number of rotatable bonds is 7. The Morgan fingerprint density at radius 2 is 2.07 bits per heavy atom. The third-order valence-electron chi connectivity index (χ3n) is 4.35. The Labute approximate surface area is 90.5 Å². The molecule has 3 unspecified atom stereocenters. The molecule has 0 aromatic heterocycles. The van der Waals surface area contributed by atoms with Gasteiger partial charge in [-0.15, -0.1) is 0 Å². The van der Waals surface area contributed by atoms with Crippen LogP contribution in [0.15, 0.2) is 0 Å². The van der Waals surface area contributed by atoms with Crippen LogP contribution in [-0.4, -0.2) is 0 Å². The van der Waals surface area contributed by atoms with Gasteiger partial charge >= 0.3 is 0 Å². The Kier molecular flexibility index (Phi) is 4.47. The van der Waals surface area contributed by atoms with E-state index in [-0.39, 0.29) is 0 Å². The molecule has 1 aliphatic rings. The molecule has 0 amide bonds. The van der Waals surface area contributed by atoms with E-state index in [9.17, 15) is 0 Å². The van der Waals surface area contributed by atoms with Crippen molar-refractivity contribution in [2.24, 2.45) is 17.3 Å². The lowest BCUT2D eigenvalue weighted by Crippen LogP contribution is -2.02. The molecule has 0 aliphatic heterocycles. The maximum atomic E-state index is 2.51. The highest BCUT2D eigenvalue weighted by Crippen LogP contribution is 2.58. The van der Waals surface area contributed by atoms with E-state index in [2.05, 4.69) is 27.7 Å². The highest BCUT2D eigenvalue weighted by Gasteiger charge is 2.48. The standard InChI is InChI=1S/C14H28/c1-5-7-8-13-11-14(13,4)10-9-12(3)6-2/h12-13H,5-11H2,1-4H3. The van der Waals surface area contributed by atoms with Gasteiger partial charge in [0.2, 0.25) is 0 Å². The number of unbranched alkanes of at least 4 members (excludes halogenated alkanes) is 1. The predicted octanol–water partition coefficient (Wildman–Crippen LogP) is 5.03. The first-order valence-electron chi connectivity index (χ1n) is 6.62. The van der Waals surface area contributed by atoms with Crippen molar-refractivity contribution in [3.63, 3.8) is 0 Å². The van der Waals surface area contributed by atoms with Crippen molar-refractivity contribution in [3.8, 4) is 0 Å². The summed E-state index contributed by atoms with van der Waals surface area (Å²) in [4.78, 5) is 0. The molecule has 1 rings (SSSR count). The Bertz CT molecular complexity index is 161. The Hall–Kier alpha value is 0. The average molecular weight is 196 g/mol. The first kappa shape index (κ1) is 12.1. The maximum absolute atomic E-state index is 2.51. The molecule has 14 heavy (non-hydrogen) atoms. The first-order valence-corrected chi connectivity index (χ1v) is 6.62. The quantitative estimate of drug-likeness (QED) is 0.536. The van der Waals surface area contributed by atoms with Gasteiger partial charge in [0.05, 0.1) is 0 Å². The molecule has 3 atom stereocenters. The third-order valence-corrected chi connectivity index (χ3v) is 4.35. The predicted molar refractivity (Wildman–Crippen MR) is 64.4 cm³/mol. The average Bonchev–Trinajstić information content (AvgIpc) is 2.84. The van der Waals surface area contributed by atoms with Gasteiger partial charge in [-0.25, -0.2) is 0 Å². The molecular weight excluding hydrogens is 168 g/mol. The Morgan fingerprint density at radius 1 is 1.36 bits per heavy atom. The van der Waals surface area contributed by atoms with E-state index in [1.165, 1.54) is 44.9 Å². The molecule has 0 aromatic rings. The lowest BCUT2D eigenvalue weighted by atomic mass is 9.92. The summed E-state index contributed by atoms with van der Waals surface area (Å²) in [6, 6.07) is 0. The summed E-state index contributed by atoms with van der Waals surface area (Å²) >= 11 is 0. The molecule has 0 bridgehead atoms. The molecule has 0 spiro atoms. The monoisotopic (exact) mass is 196 g/mol. The van der Waals surface area contributed by atoms with Crippen molar-refractivity contribution >= 4 is 0 Å². The summed E-state index contributed by atoms with van der Waals surface area (Å²) < 4.78 is 0. The SMILES string of the molecule is CCCCC1CC1(C)CCC(C)CC. The van der Waals surface area contributed by atoms with Crippen molar-refractivity contribution in [1.29, 1.82) is 0 Å². The summed E-state index contributed by atoms with van der Waals surface area (Å²) in [7, 11) is 0. The van der Waals surface area contributed by atoms with Crippen molar-refractivity contribution in [2.75, 3.05) is 0 Å². The minimum atomic E-state index is 0.749. The van der Waals surface area contributed by atoms with E-state index < -0.39 is 0 Å². The van der Waals surface area contributed by atoms with Gasteiger partial charge in [0.25, 0.3) is 0 Å². The molecule has 0 aromatic carbocycles. The number of hydrogen-bond acceptors (Lipinski definition) is 0. The second-order valence-corrected chi connectivity index (χ2v) is 5.75. The van der Waals surface area contributed by atoms with E-state index in [4.69, 9.17) is 0 Å². The maximum Gasteiger partial charge on any atom is -0.0294 e. The van der Waals surface area contributed by atoms with Crippen LogP contribution in [0, 0.1) is 17.3 Å². The van der Waals surface area contributed by atoms with Crippen LogP contribution in [-0.2, 0) is 0 Å². The van der Waals surface area contributed by atoms with E-state index in [1.807, 2.05) is 0 Å². The molecule has 1 saturated carbocycles. The van der Waals surface area contributed by atoms with E-state index in [1.54, 1.807) is 0 Å². The van der Waals surface area contributed by atoms with Gasteiger partial charge < -0.3 is 0 Å². The highest BCUT2D eigenvalue weighted by molar-refractivity contribution is 4.98. The highest BCUT2D eigenvalue weighted by atomic mass is 14.5. The van der Waals surface area contributed by atoms with E-state index in [0.717, 1.165) is 17.3 Å². The van der Waals surface area contributed by atoms with Crippen LogP contribution in [0.25, 0.3) is 0 Å². The molecule has 1 fully saturated rings. The summed E-state index contributed by atoms with van der Waals surface area (Å²) in [6.07, 6.45) is 10.1. The topological polar surface area (TPSA) is 0 Å². The molecule has 1 aliphatic carbocycles.